The highest BCUT2D eigenvalue weighted by Gasteiger charge is 2.32. The molecule has 146 valence electrons. The van der Waals surface area contributed by atoms with Crippen LogP contribution in [0.1, 0.15) is 35.1 Å². The van der Waals surface area contributed by atoms with Gasteiger partial charge in [-0.3, -0.25) is 9.89 Å². The number of hydrogen-bond donors (Lipinski definition) is 2. The molecule has 0 aliphatic heterocycles. The van der Waals surface area contributed by atoms with Gasteiger partial charge in [0, 0.05) is 17.8 Å². The van der Waals surface area contributed by atoms with Gasteiger partial charge >= 0.3 is 12.3 Å². The Morgan fingerprint density at radius 3 is 2.70 bits per heavy atom. The largest absolute Gasteiger partial charge is 0.573 e. The minimum Gasteiger partial charge on any atom is -0.451 e. The van der Waals surface area contributed by atoms with Crippen LogP contribution in [0.5, 0.6) is 5.75 Å². The van der Waals surface area contributed by atoms with Crippen molar-refractivity contribution < 1.29 is 32.2 Å². The summed E-state index contributed by atoms with van der Waals surface area (Å²) in [5.74, 6) is -1.86. The smallest absolute Gasteiger partial charge is 0.451 e. The molecule has 0 aliphatic rings. The standard InChI is InChI=1S/C17H18F3N3O4/c1-2-5-12-8-13(23-22-12)16(25)26-10-15(24)21-9-11-6-3-4-7-14(11)27-17(18,19)20/h3-4,6-8H,2,5,9-10H2,1H3,(H,21,24)(H,22,23). The number of rotatable bonds is 8. The summed E-state index contributed by atoms with van der Waals surface area (Å²) in [5, 5.41) is 8.85. The first-order valence-electron chi connectivity index (χ1n) is 8.10. The molecule has 2 N–H and O–H groups in total. The lowest BCUT2D eigenvalue weighted by atomic mass is 10.2. The van der Waals surface area contributed by atoms with E-state index in [-0.39, 0.29) is 17.8 Å². The number of para-hydroxylation sites is 1. The fraction of sp³-hybridized carbons (Fsp3) is 0.353. The first-order chi connectivity index (χ1) is 12.8. The number of H-pyrrole nitrogens is 1. The third-order valence-electron chi connectivity index (χ3n) is 3.37. The van der Waals surface area contributed by atoms with Gasteiger partial charge in [0.05, 0.1) is 0 Å². The summed E-state index contributed by atoms with van der Waals surface area (Å²) in [6.45, 7) is 1.17. The molecule has 0 saturated carbocycles. The van der Waals surface area contributed by atoms with Crippen molar-refractivity contribution >= 4 is 11.9 Å². The zero-order valence-corrected chi connectivity index (χ0v) is 14.4. The number of halogens is 3. The van der Waals surface area contributed by atoms with Crippen molar-refractivity contribution in [2.45, 2.75) is 32.7 Å². The van der Waals surface area contributed by atoms with Crippen molar-refractivity contribution in [1.29, 1.82) is 0 Å². The van der Waals surface area contributed by atoms with Crippen LogP contribution in [0.3, 0.4) is 0 Å². The van der Waals surface area contributed by atoms with E-state index in [4.69, 9.17) is 4.74 Å². The molecule has 0 unspecified atom stereocenters. The topological polar surface area (TPSA) is 93.3 Å². The monoisotopic (exact) mass is 385 g/mol. The van der Waals surface area contributed by atoms with Crippen LogP contribution in [-0.4, -0.2) is 35.0 Å². The van der Waals surface area contributed by atoms with E-state index in [1.165, 1.54) is 24.3 Å². The molecule has 1 amide bonds. The molecule has 0 radical (unpaired) electrons. The van der Waals surface area contributed by atoms with Gasteiger partial charge in [-0.1, -0.05) is 31.5 Å². The molecule has 0 saturated heterocycles. The Kier molecular flexibility index (Phi) is 6.80. The van der Waals surface area contributed by atoms with Crippen LogP contribution in [0.25, 0.3) is 0 Å². The highest BCUT2D eigenvalue weighted by atomic mass is 19.4. The fourth-order valence-corrected chi connectivity index (χ4v) is 2.19. The van der Waals surface area contributed by atoms with E-state index >= 15 is 0 Å². The summed E-state index contributed by atoms with van der Waals surface area (Å²) in [4.78, 5) is 23.6. The molecule has 2 rings (SSSR count). The van der Waals surface area contributed by atoms with Crippen LogP contribution in [-0.2, 0) is 22.5 Å². The minimum atomic E-state index is -4.84. The third-order valence-corrected chi connectivity index (χ3v) is 3.37. The first kappa shape index (κ1) is 20.3. The molecule has 2 aromatic rings. The number of aryl methyl sites for hydroxylation is 1. The summed E-state index contributed by atoms with van der Waals surface area (Å²) in [6.07, 6.45) is -3.24. The maximum Gasteiger partial charge on any atom is 0.573 e. The van der Waals surface area contributed by atoms with E-state index in [9.17, 15) is 22.8 Å². The van der Waals surface area contributed by atoms with E-state index in [0.717, 1.165) is 24.6 Å². The maximum atomic E-state index is 12.4. The summed E-state index contributed by atoms with van der Waals surface area (Å²) in [5.41, 5.74) is 0.955. The molecular formula is C17H18F3N3O4. The van der Waals surface area contributed by atoms with Crippen molar-refractivity contribution in [3.8, 4) is 5.75 Å². The lowest BCUT2D eigenvalue weighted by molar-refractivity contribution is -0.274. The molecule has 7 nitrogen and oxygen atoms in total. The quantitative estimate of drug-likeness (QED) is 0.682. The van der Waals surface area contributed by atoms with E-state index in [1.807, 2.05) is 6.92 Å². The number of aromatic amines is 1. The van der Waals surface area contributed by atoms with Gasteiger partial charge in [-0.15, -0.1) is 13.2 Å². The Bertz CT molecular complexity index is 790. The number of nitrogens with zero attached hydrogens (tertiary/aromatic N) is 1. The average Bonchev–Trinajstić information content (AvgIpc) is 3.06. The number of aromatic nitrogens is 2. The molecule has 1 aromatic carbocycles. The van der Waals surface area contributed by atoms with E-state index in [2.05, 4.69) is 20.3 Å². The number of ether oxygens (including phenoxy) is 2. The summed E-state index contributed by atoms with van der Waals surface area (Å²) in [7, 11) is 0. The molecule has 0 bridgehead atoms. The van der Waals surface area contributed by atoms with Crippen LogP contribution in [0.4, 0.5) is 13.2 Å². The van der Waals surface area contributed by atoms with Crippen molar-refractivity contribution in [2.24, 2.45) is 0 Å². The first-order valence-corrected chi connectivity index (χ1v) is 8.10. The number of amides is 1. The number of alkyl halides is 3. The van der Waals surface area contributed by atoms with Gasteiger partial charge in [0.15, 0.2) is 12.3 Å². The number of nitrogens with one attached hydrogen (secondary N) is 2. The second-order valence-corrected chi connectivity index (χ2v) is 5.54. The summed E-state index contributed by atoms with van der Waals surface area (Å²) in [6, 6.07) is 6.95. The maximum absolute atomic E-state index is 12.4. The van der Waals surface area contributed by atoms with Crippen molar-refractivity contribution in [2.75, 3.05) is 6.61 Å². The zero-order chi connectivity index (χ0) is 19.9. The van der Waals surface area contributed by atoms with Crippen molar-refractivity contribution in [3.63, 3.8) is 0 Å². The summed E-state index contributed by atoms with van der Waals surface area (Å²) < 4.78 is 45.8. The molecule has 1 aromatic heterocycles. The summed E-state index contributed by atoms with van der Waals surface area (Å²) >= 11 is 0. The minimum absolute atomic E-state index is 0.0511. The lowest BCUT2D eigenvalue weighted by Crippen LogP contribution is -2.29. The number of esters is 1. The molecular weight excluding hydrogens is 367 g/mol. The Balaban J connectivity index is 1.83. The molecule has 10 heteroatoms. The number of carbonyl (C=O) groups is 2. The number of hydrogen-bond acceptors (Lipinski definition) is 5. The predicted molar refractivity (Wildman–Crippen MR) is 87.8 cm³/mol. The highest BCUT2D eigenvalue weighted by Crippen LogP contribution is 2.26. The molecule has 0 atom stereocenters. The zero-order valence-electron chi connectivity index (χ0n) is 14.4. The predicted octanol–water partition coefficient (Wildman–Crippen LogP) is 2.73. The normalized spacial score (nSPS) is 11.1. The Hall–Kier alpha value is -3.04. The third kappa shape index (κ3) is 6.65. The van der Waals surface area contributed by atoms with Crippen molar-refractivity contribution in [3.05, 3.63) is 47.3 Å². The second kappa shape index (κ2) is 9.06. The van der Waals surface area contributed by atoms with Gasteiger partial charge in [0.2, 0.25) is 0 Å². The molecule has 0 fully saturated rings. The lowest BCUT2D eigenvalue weighted by Gasteiger charge is -2.13. The van der Waals surface area contributed by atoms with Gasteiger partial charge in [-0.25, -0.2) is 4.79 Å². The van der Waals surface area contributed by atoms with Crippen molar-refractivity contribution in [1.82, 2.24) is 15.5 Å². The van der Waals surface area contributed by atoms with E-state index < -0.39 is 30.6 Å². The van der Waals surface area contributed by atoms with Crippen LogP contribution in [0.15, 0.2) is 30.3 Å². The Labute approximate surface area is 152 Å². The van der Waals surface area contributed by atoms with E-state index in [1.54, 1.807) is 0 Å². The SMILES string of the molecule is CCCc1cc(C(=O)OCC(=O)NCc2ccccc2OC(F)(F)F)n[nH]1. The van der Waals surface area contributed by atoms with Crippen LogP contribution in [0.2, 0.25) is 0 Å². The number of carbonyl (C=O) groups excluding carboxylic acids is 2. The fourth-order valence-electron chi connectivity index (χ4n) is 2.19. The van der Waals surface area contributed by atoms with Gasteiger partial charge in [-0.05, 0) is 18.6 Å². The van der Waals surface area contributed by atoms with Gasteiger partial charge < -0.3 is 14.8 Å². The van der Waals surface area contributed by atoms with Crippen LogP contribution < -0.4 is 10.1 Å². The van der Waals surface area contributed by atoms with Crippen LogP contribution in [0, 0.1) is 0 Å². The number of benzene rings is 1. The average molecular weight is 385 g/mol. The highest BCUT2D eigenvalue weighted by molar-refractivity contribution is 5.89. The molecule has 1 heterocycles. The second-order valence-electron chi connectivity index (χ2n) is 5.54. The van der Waals surface area contributed by atoms with Gasteiger partial charge in [-0.2, -0.15) is 5.10 Å². The molecule has 0 aliphatic carbocycles. The molecule has 0 spiro atoms. The molecule has 27 heavy (non-hydrogen) atoms. The van der Waals surface area contributed by atoms with Gasteiger partial charge in [0.25, 0.3) is 5.91 Å². The Morgan fingerprint density at radius 2 is 2.00 bits per heavy atom. The van der Waals surface area contributed by atoms with E-state index in [0.29, 0.717) is 0 Å². The Morgan fingerprint density at radius 1 is 1.26 bits per heavy atom. The van der Waals surface area contributed by atoms with Crippen LogP contribution >= 0.6 is 0 Å². The van der Waals surface area contributed by atoms with Gasteiger partial charge in [0.1, 0.15) is 5.75 Å².